The molecule has 1 heterocycles. The Morgan fingerprint density at radius 1 is 1.73 bits per heavy atom. The van der Waals surface area contributed by atoms with E-state index in [0.717, 1.165) is 0 Å². The molecule has 1 fully saturated rings. The number of hydrogen-bond donors (Lipinski definition) is 1. The van der Waals surface area contributed by atoms with E-state index in [2.05, 4.69) is 5.32 Å². The summed E-state index contributed by atoms with van der Waals surface area (Å²) in [5.74, 6) is -0.227. The van der Waals surface area contributed by atoms with Crippen molar-refractivity contribution in [2.24, 2.45) is 5.92 Å². The van der Waals surface area contributed by atoms with Crippen molar-refractivity contribution in [3.8, 4) is 0 Å². The lowest BCUT2D eigenvalue weighted by Gasteiger charge is -2.21. The molecular weight excluding hydrogens is 148 g/mol. The normalized spacial score (nSPS) is 31.2. The maximum absolute atomic E-state index is 10.7. The molecule has 62 valence electrons. The zero-order valence-corrected chi connectivity index (χ0v) is 6.24. The first-order chi connectivity index (χ1) is 5.11. The van der Waals surface area contributed by atoms with Gasteiger partial charge >= 0.3 is 0 Å². The Kier molecular flexibility index (Phi) is 2.07. The fraction of sp³-hybridized carbons (Fsp3) is 0.833. The number of piperidine rings is 1. The Morgan fingerprint density at radius 2 is 2.36 bits per heavy atom. The minimum atomic E-state index is -0.604. The van der Waals surface area contributed by atoms with Gasteiger partial charge in [0.2, 0.25) is 11.9 Å². The largest absolute Gasteiger partial charge is 0.349 e. The Bertz CT molecular complexity index is 192. The summed E-state index contributed by atoms with van der Waals surface area (Å²) in [4.78, 5) is 20.7. The predicted molar refractivity (Wildman–Crippen MR) is 37.6 cm³/mol. The van der Waals surface area contributed by atoms with Gasteiger partial charge in [-0.1, -0.05) is 6.92 Å². The number of nitrogens with one attached hydrogen (secondary N) is 1. The van der Waals surface area contributed by atoms with E-state index in [0.29, 0.717) is 0 Å². The molecule has 1 saturated heterocycles. The molecule has 1 amide bonds. The van der Waals surface area contributed by atoms with E-state index in [9.17, 15) is 14.9 Å². The second-order valence-electron chi connectivity index (χ2n) is 2.84. The van der Waals surface area contributed by atoms with Crippen molar-refractivity contribution in [3.63, 3.8) is 0 Å². The average molecular weight is 158 g/mol. The second kappa shape index (κ2) is 2.86. The van der Waals surface area contributed by atoms with E-state index in [1.54, 1.807) is 6.92 Å². The first kappa shape index (κ1) is 7.97. The first-order valence-corrected chi connectivity index (χ1v) is 3.51. The van der Waals surface area contributed by atoms with Crippen LogP contribution in [0.15, 0.2) is 0 Å². The van der Waals surface area contributed by atoms with Gasteiger partial charge in [0.25, 0.3) is 0 Å². The van der Waals surface area contributed by atoms with Crippen LogP contribution in [0, 0.1) is 16.0 Å². The summed E-state index contributed by atoms with van der Waals surface area (Å²) in [6.45, 7) is 1.90. The standard InChI is InChI=1S/C6H10N2O3/c1-4-2-6(9)7-3-5(4)8(10)11/h4-5H,2-3H2,1H3,(H,7,9)/t4-,5+/m0/s1. The summed E-state index contributed by atoms with van der Waals surface area (Å²) in [7, 11) is 0. The summed E-state index contributed by atoms with van der Waals surface area (Å²) in [5, 5.41) is 12.8. The number of nitrogens with zero attached hydrogens (tertiary/aromatic N) is 1. The highest BCUT2D eigenvalue weighted by atomic mass is 16.6. The van der Waals surface area contributed by atoms with Crippen molar-refractivity contribution in [1.82, 2.24) is 5.32 Å². The molecule has 2 atom stereocenters. The van der Waals surface area contributed by atoms with E-state index >= 15 is 0 Å². The van der Waals surface area contributed by atoms with Crippen LogP contribution >= 0.6 is 0 Å². The zero-order valence-electron chi connectivity index (χ0n) is 6.24. The second-order valence-corrected chi connectivity index (χ2v) is 2.84. The van der Waals surface area contributed by atoms with E-state index in [-0.39, 0.29) is 29.7 Å². The van der Waals surface area contributed by atoms with E-state index in [1.807, 2.05) is 0 Å². The van der Waals surface area contributed by atoms with Gasteiger partial charge in [0, 0.05) is 17.3 Å². The zero-order chi connectivity index (χ0) is 8.43. The number of nitro groups is 1. The Balaban J connectivity index is 2.57. The van der Waals surface area contributed by atoms with Crippen molar-refractivity contribution < 1.29 is 9.72 Å². The maximum Gasteiger partial charge on any atom is 0.233 e. The molecule has 0 radical (unpaired) electrons. The third-order valence-electron chi connectivity index (χ3n) is 1.94. The van der Waals surface area contributed by atoms with Gasteiger partial charge in [-0.3, -0.25) is 14.9 Å². The molecule has 0 aliphatic carbocycles. The summed E-state index contributed by atoms with van der Waals surface area (Å²) in [6.07, 6.45) is 0.269. The molecule has 5 nitrogen and oxygen atoms in total. The Morgan fingerprint density at radius 3 is 2.82 bits per heavy atom. The van der Waals surface area contributed by atoms with Crippen LogP contribution in [0.2, 0.25) is 0 Å². The summed E-state index contributed by atoms with van der Waals surface area (Å²) >= 11 is 0. The maximum atomic E-state index is 10.7. The lowest BCUT2D eigenvalue weighted by atomic mass is 9.95. The minimum Gasteiger partial charge on any atom is -0.349 e. The highest BCUT2D eigenvalue weighted by Gasteiger charge is 2.33. The quantitative estimate of drug-likeness (QED) is 0.424. The molecule has 0 unspecified atom stereocenters. The van der Waals surface area contributed by atoms with Crippen molar-refractivity contribution in [1.29, 1.82) is 0 Å². The van der Waals surface area contributed by atoms with Gasteiger partial charge in [0.15, 0.2) is 0 Å². The highest BCUT2D eigenvalue weighted by Crippen LogP contribution is 2.14. The number of hydrogen-bond acceptors (Lipinski definition) is 3. The lowest BCUT2D eigenvalue weighted by molar-refractivity contribution is -0.530. The SMILES string of the molecule is C[C@H]1CC(=O)NC[C@H]1[N+](=O)[O-]. The lowest BCUT2D eigenvalue weighted by Crippen LogP contribution is -2.46. The molecule has 1 N–H and O–H groups in total. The first-order valence-electron chi connectivity index (χ1n) is 3.51. The molecule has 5 heteroatoms. The van der Waals surface area contributed by atoms with Crippen LogP contribution in [0.25, 0.3) is 0 Å². The van der Waals surface area contributed by atoms with Crippen LogP contribution in [0.1, 0.15) is 13.3 Å². The van der Waals surface area contributed by atoms with Gasteiger partial charge in [-0.15, -0.1) is 0 Å². The van der Waals surface area contributed by atoms with Crippen molar-refractivity contribution in [3.05, 3.63) is 10.1 Å². The van der Waals surface area contributed by atoms with Gasteiger partial charge in [-0.2, -0.15) is 0 Å². The van der Waals surface area contributed by atoms with Crippen LogP contribution in [0.5, 0.6) is 0 Å². The van der Waals surface area contributed by atoms with Crippen LogP contribution in [0.3, 0.4) is 0 Å². The fourth-order valence-corrected chi connectivity index (χ4v) is 1.20. The van der Waals surface area contributed by atoms with Crippen LogP contribution in [-0.2, 0) is 4.79 Å². The summed E-state index contributed by atoms with van der Waals surface area (Å²) in [5.41, 5.74) is 0. The number of amides is 1. The highest BCUT2D eigenvalue weighted by molar-refractivity contribution is 5.77. The molecule has 0 aromatic heterocycles. The average Bonchev–Trinajstić information content (AvgIpc) is 1.85. The fourth-order valence-electron chi connectivity index (χ4n) is 1.20. The minimum absolute atomic E-state index is 0.0874. The van der Waals surface area contributed by atoms with E-state index < -0.39 is 6.04 Å². The van der Waals surface area contributed by atoms with Crippen molar-refractivity contribution in [2.45, 2.75) is 19.4 Å². The number of rotatable bonds is 1. The molecule has 11 heavy (non-hydrogen) atoms. The molecule has 0 bridgehead atoms. The number of carbonyl (C=O) groups is 1. The van der Waals surface area contributed by atoms with Crippen molar-refractivity contribution in [2.75, 3.05) is 6.54 Å². The van der Waals surface area contributed by atoms with Gasteiger partial charge < -0.3 is 5.32 Å². The predicted octanol–water partition coefficient (Wildman–Crippen LogP) is -0.212. The summed E-state index contributed by atoms with van der Waals surface area (Å²) in [6, 6.07) is -0.604. The Labute approximate surface area is 63.9 Å². The molecule has 1 rings (SSSR count). The van der Waals surface area contributed by atoms with Gasteiger partial charge in [-0.25, -0.2) is 0 Å². The molecule has 0 spiro atoms. The van der Waals surface area contributed by atoms with E-state index in [4.69, 9.17) is 0 Å². The monoisotopic (exact) mass is 158 g/mol. The Hall–Kier alpha value is -1.13. The number of carbonyl (C=O) groups excluding carboxylic acids is 1. The molecule has 0 aromatic carbocycles. The smallest absolute Gasteiger partial charge is 0.233 e. The van der Waals surface area contributed by atoms with Crippen LogP contribution in [-0.4, -0.2) is 23.4 Å². The molecule has 0 aromatic rings. The van der Waals surface area contributed by atoms with Crippen LogP contribution < -0.4 is 5.32 Å². The van der Waals surface area contributed by atoms with Gasteiger partial charge in [0.1, 0.15) is 0 Å². The molecule has 1 aliphatic heterocycles. The van der Waals surface area contributed by atoms with E-state index in [1.165, 1.54) is 0 Å². The van der Waals surface area contributed by atoms with Crippen LogP contribution in [0.4, 0.5) is 0 Å². The molecule has 0 saturated carbocycles. The molecule has 1 aliphatic rings. The van der Waals surface area contributed by atoms with Gasteiger partial charge in [0.05, 0.1) is 6.54 Å². The third kappa shape index (κ3) is 1.66. The summed E-state index contributed by atoms with van der Waals surface area (Å²) < 4.78 is 0. The van der Waals surface area contributed by atoms with Crippen molar-refractivity contribution >= 4 is 5.91 Å². The third-order valence-corrected chi connectivity index (χ3v) is 1.94. The van der Waals surface area contributed by atoms with Gasteiger partial charge in [-0.05, 0) is 0 Å². The topological polar surface area (TPSA) is 72.2 Å². The molecular formula is C6H10N2O3.